The Labute approximate surface area is 167 Å². The highest BCUT2D eigenvalue weighted by Gasteiger charge is 2.21. The van der Waals surface area contributed by atoms with Gasteiger partial charge in [0.2, 0.25) is 5.95 Å². The van der Waals surface area contributed by atoms with E-state index < -0.39 is 0 Å². The van der Waals surface area contributed by atoms with Gasteiger partial charge in [-0.25, -0.2) is 4.98 Å². The molecule has 2 aromatic rings. The van der Waals surface area contributed by atoms with Gasteiger partial charge in [0.1, 0.15) is 5.82 Å². The number of benzene rings is 1. The van der Waals surface area contributed by atoms with Gasteiger partial charge in [-0.3, -0.25) is 0 Å². The second-order valence-electron chi connectivity index (χ2n) is 7.27. The highest BCUT2D eigenvalue weighted by molar-refractivity contribution is 5.53. The first kappa shape index (κ1) is 20.2. The van der Waals surface area contributed by atoms with Crippen LogP contribution in [0.3, 0.4) is 0 Å². The molecule has 1 aliphatic rings. The molecule has 0 saturated carbocycles. The monoisotopic (exact) mass is 385 g/mol. The van der Waals surface area contributed by atoms with Crippen molar-refractivity contribution in [2.24, 2.45) is 0 Å². The van der Waals surface area contributed by atoms with Gasteiger partial charge in [-0.15, -0.1) is 0 Å². The Morgan fingerprint density at radius 2 is 1.79 bits per heavy atom. The molecule has 0 atom stereocenters. The fourth-order valence-electron chi connectivity index (χ4n) is 3.38. The fourth-order valence-corrected chi connectivity index (χ4v) is 3.38. The molecule has 152 valence electrons. The first-order valence-electron chi connectivity index (χ1n) is 9.79. The lowest BCUT2D eigenvalue weighted by Crippen LogP contribution is -2.31. The number of fused-ring (bicyclic) bond motifs is 1. The molecule has 0 aliphatic carbocycles. The number of likely N-dealkylation sites (N-methyl/N-ethyl adjacent to an activating group) is 1. The summed E-state index contributed by atoms with van der Waals surface area (Å²) in [6.45, 7) is 5.60. The number of methoxy groups -OCH3 is 2. The van der Waals surface area contributed by atoms with Crippen molar-refractivity contribution in [1.29, 1.82) is 0 Å². The van der Waals surface area contributed by atoms with E-state index in [4.69, 9.17) is 14.5 Å². The molecule has 2 heterocycles. The summed E-state index contributed by atoms with van der Waals surface area (Å²) in [7, 11) is 7.47. The molecule has 0 spiro atoms. The molecule has 0 unspecified atom stereocenters. The van der Waals surface area contributed by atoms with Crippen LogP contribution in [-0.2, 0) is 19.4 Å². The summed E-state index contributed by atoms with van der Waals surface area (Å²) in [4.78, 5) is 13.9. The lowest BCUT2D eigenvalue weighted by molar-refractivity contribution is 0.353. The highest BCUT2D eigenvalue weighted by Crippen LogP contribution is 2.34. The van der Waals surface area contributed by atoms with Crippen LogP contribution in [0.2, 0.25) is 0 Å². The molecule has 1 aromatic heterocycles. The van der Waals surface area contributed by atoms with Crippen molar-refractivity contribution in [1.82, 2.24) is 14.9 Å². The van der Waals surface area contributed by atoms with E-state index in [1.807, 2.05) is 0 Å². The minimum Gasteiger partial charge on any atom is -0.493 e. The average Bonchev–Trinajstić information content (AvgIpc) is 2.71. The van der Waals surface area contributed by atoms with Gasteiger partial charge in [0.15, 0.2) is 11.5 Å². The zero-order chi connectivity index (χ0) is 20.1. The van der Waals surface area contributed by atoms with Crippen molar-refractivity contribution < 1.29 is 9.47 Å². The smallest absolute Gasteiger partial charge is 0.224 e. The van der Waals surface area contributed by atoms with Crippen LogP contribution in [-0.4, -0.2) is 62.8 Å². The van der Waals surface area contributed by atoms with E-state index in [-0.39, 0.29) is 0 Å². The molecule has 0 radical (unpaired) electrons. The molecule has 1 aromatic carbocycles. The second kappa shape index (κ2) is 9.10. The third-order valence-corrected chi connectivity index (χ3v) is 5.01. The number of rotatable bonds is 8. The predicted molar refractivity (Wildman–Crippen MR) is 113 cm³/mol. The van der Waals surface area contributed by atoms with Crippen LogP contribution in [0.1, 0.15) is 23.7 Å². The molecule has 28 heavy (non-hydrogen) atoms. The SMILES string of the molecule is CCc1cc(N2CCc3cc(OC)c(OC)cc3C2)nc(NCCN(C)C)n1. The standard InChI is InChI=1S/C21H31N5O2/c1-6-17-13-20(24-21(23-17)22-8-10-25(2)3)26-9-7-15-11-18(27-4)19(28-5)12-16(15)14-26/h11-13H,6-10,14H2,1-5H3,(H,22,23,24). The van der Waals surface area contributed by atoms with Gasteiger partial charge in [0.05, 0.1) is 14.2 Å². The van der Waals surface area contributed by atoms with Crippen molar-refractivity contribution in [3.63, 3.8) is 0 Å². The van der Waals surface area contributed by atoms with Crippen LogP contribution in [0.4, 0.5) is 11.8 Å². The van der Waals surface area contributed by atoms with Crippen LogP contribution in [0.15, 0.2) is 18.2 Å². The zero-order valence-corrected chi connectivity index (χ0v) is 17.6. The number of nitrogens with one attached hydrogen (secondary N) is 1. The summed E-state index contributed by atoms with van der Waals surface area (Å²) in [5.74, 6) is 3.23. The maximum atomic E-state index is 5.48. The Kier molecular flexibility index (Phi) is 6.57. The van der Waals surface area contributed by atoms with Crippen molar-refractivity contribution in [2.45, 2.75) is 26.3 Å². The summed E-state index contributed by atoms with van der Waals surface area (Å²) in [6, 6.07) is 6.28. The first-order chi connectivity index (χ1) is 13.5. The average molecular weight is 386 g/mol. The molecular weight excluding hydrogens is 354 g/mol. The van der Waals surface area contributed by atoms with Crippen LogP contribution in [0.25, 0.3) is 0 Å². The molecule has 3 rings (SSSR count). The minimum atomic E-state index is 0.703. The number of hydrogen-bond donors (Lipinski definition) is 1. The number of aryl methyl sites for hydroxylation is 1. The molecule has 0 fully saturated rings. The zero-order valence-electron chi connectivity index (χ0n) is 17.6. The molecule has 1 N–H and O–H groups in total. The summed E-state index contributed by atoms with van der Waals surface area (Å²) in [6.07, 6.45) is 1.83. The van der Waals surface area contributed by atoms with Gasteiger partial charge in [-0.2, -0.15) is 4.98 Å². The van der Waals surface area contributed by atoms with Crippen LogP contribution < -0.4 is 19.7 Å². The Morgan fingerprint density at radius 1 is 1.07 bits per heavy atom. The van der Waals surface area contributed by atoms with Crippen molar-refractivity contribution in [3.05, 3.63) is 35.0 Å². The minimum absolute atomic E-state index is 0.703. The molecule has 1 aliphatic heterocycles. The van der Waals surface area contributed by atoms with Crippen molar-refractivity contribution >= 4 is 11.8 Å². The van der Waals surface area contributed by atoms with Gasteiger partial charge in [-0.1, -0.05) is 6.92 Å². The highest BCUT2D eigenvalue weighted by atomic mass is 16.5. The summed E-state index contributed by atoms with van der Waals surface area (Å²) in [5.41, 5.74) is 3.61. The van der Waals surface area contributed by atoms with E-state index in [2.05, 4.69) is 59.3 Å². The van der Waals surface area contributed by atoms with E-state index in [9.17, 15) is 0 Å². The predicted octanol–water partition coefficient (Wildman–Crippen LogP) is 2.59. The second-order valence-corrected chi connectivity index (χ2v) is 7.27. The lowest BCUT2D eigenvalue weighted by Gasteiger charge is -2.31. The van der Waals surface area contributed by atoms with E-state index in [1.54, 1.807) is 14.2 Å². The molecule has 0 saturated heterocycles. The Bertz CT molecular complexity index is 810. The Morgan fingerprint density at radius 3 is 2.43 bits per heavy atom. The molecule has 0 amide bonds. The third kappa shape index (κ3) is 4.65. The van der Waals surface area contributed by atoms with E-state index in [0.717, 1.165) is 62.0 Å². The van der Waals surface area contributed by atoms with Gasteiger partial charge >= 0.3 is 0 Å². The van der Waals surface area contributed by atoms with E-state index in [1.165, 1.54) is 11.1 Å². The van der Waals surface area contributed by atoms with E-state index >= 15 is 0 Å². The van der Waals surface area contributed by atoms with Gasteiger partial charge < -0.3 is 24.6 Å². The van der Waals surface area contributed by atoms with Gasteiger partial charge in [0.25, 0.3) is 0 Å². The maximum absolute atomic E-state index is 5.48. The number of hydrogen-bond acceptors (Lipinski definition) is 7. The van der Waals surface area contributed by atoms with Crippen molar-refractivity contribution in [3.8, 4) is 11.5 Å². The molecule has 7 nitrogen and oxygen atoms in total. The molecule has 7 heteroatoms. The summed E-state index contributed by atoms with van der Waals surface area (Å²) < 4.78 is 10.9. The fraction of sp³-hybridized carbons (Fsp3) is 0.524. The quantitative estimate of drug-likeness (QED) is 0.749. The maximum Gasteiger partial charge on any atom is 0.224 e. The Hall–Kier alpha value is -2.54. The number of nitrogens with zero attached hydrogens (tertiary/aromatic N) is 4. The molecular formula is C21H31N5O2. The molecule has 0 bridgehead atoms. The first-order valence-corrected chi connectivity index (χ1v) is 9.79. The largest absolute Gasteiger partial charge is 0.493 e. The topological polar surface area (TPSA) is 62.8 Å². The summed E-state index contributed by atoms with van der Waals surface area (Å²) in [5, 5.41) is 3.36. The Balaban J connectivity index is 1.82. The van der Waals surface area contributed by atoms with Crippen LogP contribution in [0.5, 0.6) is 11.5 Å². The number of anilines is 2. The third-order valence-electron chi connectivity index (χ3n) is 5.01. The number of ether oxygens (including phenoxy) is 2. The van der Waals surface area contributed by atoms with E-state index in [0.29, 0.717) is 5.95 Å². The van der Waals surface area contributed by atoms with Gasteiger partial charge in [-0.05, 0) is 50.2 Å². The number of aromatic nitrogens is 2. The van der Waals surface area contributed by atoms with Crippen LogP contribution in [0, 0.1) is 0 Å². The van der Waals surface area contributed by atoms with Gasteiger partial charge in [0, 0.05) is 37.9 Å². The summed E-state index contributed by atoms with van der Waals surface area (Å²) >= 11 is 0. The lowest BCUT2D eigenvalue weighted by atomic mass is 9.98. The normalized spacial score (nSPS) is 13.4. The van der Waals surface area contributed by atoms with Crippen LogP contribution >= 0.6 is 0 Å². The van der Waals surface area contributed by atoms with Crippen molar-refractivity contribution in [2.75, 3.05) is 58.2 Å².